The molecule has 0 spiro atoms. The minimum Gasteiger partial charge on any atom is -0.452 e. The lowest BCUT2D eigenvalue weighted by molar-refractivity contribution is -0.158. The van der Waals surface area contributed by atoms with E-state index in [0.29, 0.717) is 6.54 Å². The maximum atomic E-state index is 12.2. The number of hydrogen-bond donors (Lipinski definition) is 1. The Morgan fingerprint density at radius 2 is 2.00 bits per heavy atom. The molecule has 124 valence electrons. The van der Waals surface area contributed by atoms with Crippen molar-refractivity contribution in [3.63, 3.8) is 0 Å². The van der Waals surface area contributed by atoms with Crippen molar-refractivity contribution in [1.82, 2.24) is 5.32 Å². The standard InChI is InChI=1S/C17H22N2O4/c1-4-18-16(21)12(3)23-17(22)13-9-15(20)19(10-13)14-7-5-11(2)6-8-14/h5-8,12-13H,4,9-10H2,1-3H3,(H,18,21)/t12-,13+/m1/s1. The van der Waals surface area contributed by atoms with E-state index in [0.717, 1.165) is 11.3 Å². The normalized spacial score (nSPS) is 18.7. The molecule has 1 saturated heterocycles. The largest absolute Gasteiger partial charge is 0.452 e. The zero-order valence-electron chi connectivity index (χ0n) is 13.7. The summed E-state index contributed by atoms with van der Waals surface area (Å²) < 4.78 is 5.17. The third-order valence-electron chi connectivity index (χ3n) is 3.82. The summed E-state index contributed by atoms with van der Waals surface area (Å²) in [6, 6.07) is 7.56. The average Bonchev–Trinajstić information content (AvgIpc) is 2.90. The third-order valence-corrected chi connectivity index (χ3v) is 3.82. The van der Waals surface area contributed by atoms with Crippen LogP contribution in [-0.2, 0) is 19.1 Å². The van der Waals surface area contributed by atoms with Crippen molar-refractivity contribution in [2.45, 2.75) is 33.3 Å². The molecule has 0 radical (unpaired) electrons. The van der Waals surface area contributed by atoms with Gasteiger partial charge in [-0.1, -0.05) is 17.7 Å². The zero-order valence-corrected chi connectivity index (χ0v) is 13.7. The van der Waals surface area contributed by atoms with E-state index in [1.54, 1.807) is 11.8 Å². The van der Waals surface area contributed by atoms with E-state index in [1.165, 1.54) is 6.92 Å². The van der Waals surface area contributed by atoms with Crippen LogP contribution in [0.15, 0.2) is 24.3 Å². The van der Waals surface area contributed by atoms with Gasteiger partial charge in [0.25, 0.3) is 5.91 Å². The monoisotopic (exact) mass is 318 g/mol. The van der Waals surface area contributed by atoms with E-state index in [2.05, 4.69) is 5.32 Å². The van der Waals surface area contributed by atoms with Crippen molar-refractivity contribution in [1.29, 1.82) is 0 Å². The van der Waals surface area contributed by atoms with Gasteiger partial charge in [0.2, 0.25) is 5.91 Å². The number of esters is 1. The smallest absolute Gasteiger partial charge is 0.312 e. The molecule has 0 unspecified atom stereocenters. The summed E-state index contributed by atoms with van der Waals surface area (Å²) in [6.45, 7) is 6.05. The summed E-state index contributed by atoms with van der Waals surface area (Å²) in [6.07, 6.45) is -0.750. The Morgan fingerprint density at radius 3 is 2.61 bits per heavy atom. The minimum absolute atomic E-state index is 0.106. The first kappa shape index (κ1) is 17.0. The van der Waals surface area contributed by atoms with Crippen LogP contribution in [-0.4, -0.2) is 37.0 Å². The first-order valence-corrected chi connectivity index (χ1v) is 7.77. The van der Waals surface area contributed by atoms with Crippen LogP contribution in [0.2, 0.25) is 0 Å². The molecule has 0 aromatic heterocycles. The van der Waals surface area contributed by atoms with Crippen LogP contribution in [0.3, 0.4) is 0 Å². The lowest BCUT2D eigenvalue weighted by atomic mass is 10.1. The number of benzene rings is 1. The zero-order chi connectivity index (χ0) is 17.0. The van der Waals surface area contributed by atoms with Crippen LogP contribution in [0.5, 0.6) is 0 Å². The number of aryl methyl sites for hydroxylation is 1. The van der Waals surface area contributed by atoms with Gasteiger partial charge in [-0.15, -0.1) is 0 Å². The summed E-state index contributed by atoms with van der Waals surface area (Å²) in [4.78, 5) is 37.5. The van der Waals surface area contributed by atoms with Gasteiger partial charge in [0.15, 0.2) is 6.10 Å². The van der Waals surface area contributed by atoms with Crippen LogP contribution < -0.4 is 10.2 Å². The fraction of sp³-hybridized carbons (Fsp3) is 0.471. The summed E-state index contributed by atoms with van der Waals surface area (Å²) in [7, 11) is 0. The molecule has 1 heterocycles. The van der Waals surface area contributed by atoms with Gasteiger partial charge in [0, 0.05) is 25.2 Å². The molecule has 1 fully saturated rings. The van der Waals surface area contributed by atoms with Crippen LogP contribution in [0.25, 0.3) is 0 Å². The van der Waals surface area contributed by atoms with E-state index in [-0.39, 0.29) is 24.8 Å². The van der Waals surface area contributed by atoms with Crippen molar-refractivity contribution in [2.24, 2.45) is 5.92 Å². The van der Waals surface area contributed by atoms with Gasteiger partial charge >= 0.3 is 5.97 Å². The summed E-state index contributed by atoms with van der Waals surface area (Å²) in [5.74, 6) is -1.49. The quantitative estimate of drug-likeness (QED) is 0.833. The van der Waals surface area contributed by atoms with Gasteiger partial charge in [-0.2, -0.15) is 0 Å². The molecule has 1 aromatic carbocycles. The molecule has 2 rings (SSSR count). The first-order valence-electron chi connectivity index (χ1n) is 7.77. The lowest BCUT2D eigenvalue weighted by Crippen LogP contribution is -2.37. The van der Waals surface area contributed by atoms with Crippen LogP contribution >= 0.6 is 0 Å². The molecule has 0 aliphatic carbocycles. The molecule has 6 heteroatoms. The van der Waals surface area contributed by atoms with Gasteiger partial charge in [0.1, 0.15) is 0 Å². The number of hydrogen-bond acceptors (Lipinski definition) is 4. The number of nitrogens with one attached hydrogen (secondary N) is 1. The Hall–Kier alpha value is -2.37. The number of anilines is 1. The second-order valence-electron chi connectivity index (χ2n) is 5.71. The fourth-order valence-corrected chi connectivity index (χ4v) is 2.48. The van der Waals surface area contributed by atoms with E-state index in [9.17, 15) is 14.4 Å². The SMILES string of the molecule is CCNC(=O)[C@@H](C)OC(=O)[C@H]1CC(=O)N(c2ccc(C)cc2)C1. The van der Waals surface area contributed by atoms with Gasteiger partial charge in [-0.05, 0) is 32.9 Å². The second kappa shape index (κ2) is 7.26. The van der Waals surface area contributed by atoms with Crippen molar-refractivity contribution in [3.8, 4) is 0 Å². The van der Waals surface area contributed by atoms with Gasteiger partial charge < -0.3 is 15.0 Å². The molecular formula is C17H22N2O4. The van der Waals surface area contributed by atoms with E-state index in [4.69, 9.17) is 4.74 Å². The van der Waals surface area contributed by atoms with Crippen molar-refractivity contribution in [2.75, 3.05) is 18.0 Å². The molecule has 1 aliphatic rings. The van der Waals surface area contributed by atoms with Crippen molar-refractivity contribution >= 4 is 23.5 Å². The Balaban J connectivity index is 1.97. The molecule has 1 aromatic rings. The Labute approximate surface area is 135 Å². The molecular weight excluding hydrogens is 296 g/mol. The topological polar surface area (TPSA) is 75.7 Å². The minimum atomic E-state index is -0.856. The predicted octanol–water partition coefficient (Wildman–Crippen LogP) is 1.42. The van der Waals surface area contributed by atoms with E-state index in [1.807, 2.05) is 31.2 Å². The molecule has 0 bridgehead atoms. The van der Waals surface area contributed by atoms with Crippen molar-refractivity contribution in [3.05, 3.63) is 29.8 Å². The molecule has 0 saturated carbocycles. The second-order valence-corrected chi connectivity index (χ2v) is 5.71. The molecule has 23 heavy (non-hydrogen) atoms. The highest BCUT2D eigenvalue weighted by Crippen LogP contribution is 2.26. The number of rotatable bonds is 5. The van der Waals surface area contributed by atoms with Crippen LogP contribution in [0.1, 0.15) is 25.8 Å². The summed E-state index contributed by atoms with van der Waals surface area (Å²) in [5, 5.41) is 2.60. The number of carbonyl (C=O) groups excluding carboxylic acids is 3. The molecule has 1 aliphatic heterocycles. The van der Waals surface area contributed by atoms with Gasteiger partial charge in [-0.25, -0.2) is 0 Å². The van der Waals surface area contributed by atoms with Crippen LogP contribution in [0.4, 0.5) is 5.69 Å². The number of amides is 2. The Morgan fingerprint density at radius 1 is 1.35 bits per heavy atom. The Bertz CT molecular complexity index is 597. The highest BCUT2D eigenvalue weighted by molar-refractivity contribution is 5.99. The maximum Gasteiger partial charge on any atom is 0.312 e. The highest BCUT2D eigenvalue weighted by Gasteiger charge is 2.37. The number of ether oxygens (including phenoxy) is 1. The number of carbonyl (C=O) groups is 3. The van der Waals surface area contributed by atoms with E-state index < -0.39 is 18.0 Å². The van der Waals surface area contributed by atoms with Crippen LogP contribution in [0, 0.1) is 12.8 Å². The van der Waals surface area contributed by atoms with Crippen molar-refractivity contribution < 1.29 is 19.1 Å². The highest BCUT2D eigenvalue weighted by atomic mass is 16.5. The van der Waals surface area contributed by atoms with E-state index >= 15 is 0 Å². The molecule has 6 nitrogen and oxygen atoms in total. The average molecular weight is 318 g/mol. The van der Waals surface area contributed by atoms with Gasteiger partial charge in [0.05, 0.1) is 5.92 Å². The summed E-state index contributed by atoms with van der Waals surface area (Å²) in [5.41, 5.74) is 1.87. The fourth-order valence-electron chi connectivity index (χ4n) is 2.48. The first-order chi connectivity index (χ1) is 10.9. The molecule has 2 atom stereocenters. The Kier molecular flexibility index (Phi) is 5.36. The number of nitrogens with zero attached hydrogens (tertiary/aromatic N) is 1. The third kappa shape index (κ3) is 4.09. The van der Waals surface area contributed by atoms with Gasteiger partial charge in [-0.3, -0.25) is 14.4 Å². The predicted molar refractivity (Wildman–Crippen MR) is 85.9 cm³/mol. The number of likely N-dealkylation sites (N-methyl/N-ethyl adjacent to an activating group) is 1. The molecule has 1 N–H and O–H groups in total. The lowest BCUT2D eigenvalue weighted by Gasteiger charge is -2.18. The maximum absolute atomic E-state index is 12.2. The molecule has 2 amide bonds. The summed E-state index contributed by atoms with van der Waals surface area (Å²) >= 11 is 0.